The minimum Gasteiger partial charge on any atom is -0.245 e. The number of alkyl halides is 3. The zero-order valence-corrected chi connectivity index (χ0v) is 18.1. The van der Waals surface area contributed by atoms with Crippen LogP contribution >= 0.6 is 23.4 Å². The van der Waals surface area contributed by atoms with E-state index in [1.807, 2.05) is 32.9 Å². The first-order valence-electron chi connectivity index (χ1n) is 9.41. The van der Waals surface area contributed by atoms with E-state index >= 15 is 0 Å². The van der Waals surface area contributed by atoms with E-state index in [0.717, 1.165) is 23.7 Å². The molecule has 0 amide bonds. The molecule has 1 aromatic heterocycles. The van der Waals surface area contributed by atoms with E-state index in [2.05, 4.69) is 4.98 Å². The molecule has 0 saturated carbocycles. The quantitative estimate of drug-likeness (QED) is 0.481. The Hall–Kier alpha value is -1.71. The Morgan fingerprint density at radius 1 is 1.21 bits per heavy atom. The molecule has 1 heterocycles. The van der Waals surface area contributed by atoms with Gasteiger partial charge in [-0.05, 0) is 53.9 Å². The van der Waals surface area contributed by atoms with Gasteiger partial charge < -0.3 is 0 Å². The molecule has 154 valence electrons. The lowest BCUT2D eigenvalue weighted by Gasteiger charge is -2.36. The molecule has 0 fully saturated rings. The highest BCUT2D eigenvalue weighted by molar-refractivity contribution is 7.98. The van der Waals surface area contributed by atoms with Crippen molar-refractivity contribution in [3.05, 3.63) is 57.2 Å². The molecule has 2 aromatic rings. The zero-order valence-electron chi connectivity index (χ0n) is 16.5. The number of pyridine rings is 1. The Morgan fingerprint density at radius 2 is 1.86 bits per heavy atom. The lowest BCUT2D eigenvalue weighted by atomic mass is 9.70. The molecule has 1 aliphatic rings. The number of thioether (sulfide) groups is 1. The van der Waals surface area contributed by atoms with Gasteiger partial charge >= 0.3 is 6.18 Å². The fraction of sp³-hybridized carbons (Fsp3) is 0.455. The van der Waals surface area contributed by atoms with Crippen molar-refractivity contribution in [1.29, 1.82) is 5.26 Å². The molecule has 1 aromatic carbocycles. The first kappa shape index (κ1) is 22.0. The lowest BCUT2D eigenvalue weighted by molar-refractivity contribution is -0.139. The summed E-state index contributed by atoms with van der Waals surface area (Å²) in [6.07, 6.45) is -2.99. The highest BCUT2D eigenvalue weighted by Crippen LogP contribution is 2.45. The molecular weight excluding hydrogens is 417 g/mol. The van der Waals surface area contributed by atoms with E-state index in [0.29, 0.717) is 29.3 Å². The third-order valence-corrected chi connectivity index (χ3v) is 6.74. The molecule has 29 heavy (non-hydrogen) atoms. The molecule has 2 nitrogen and oxygen atoms in total. The molecule has 0 aliphatic heterocycles. The van der Waals surface area contributed by atoms with Crippen molar-refractivity contribution in [2.24, 2.45) is 11.3 Å². The molecule has 0 unspecified atom stereocenters. The lowest BCUT2D eigenvalue weighted by Crippen LogP contribution is -2.30. The Balaban J connectivity index is 2.03. The maximum atomic E-state index is 14.0. The predicted molar refractivity (Wildman–Crippen MR) is 110 cm³/mol. The summed E-state index contributed by atoms with van der Waals surface area (Å²) in [5.74, 6) is 0.538. The van der Waals surface area contributed by atoms with Gasteiger partial charge in [-0.2, -0.15) is 18.4 Å². The molecule has 0 radical (unpaired) electrons. The van der Waals surface area contributed by atoms with Crippen LogP contribution in [0.5, 0.6) is 0 Å². The van der Waals surface area contributed by atoms with Crippen LogP contribution in [0.25, 0.3) is 0 Å². The summed E-state index contributed by atoms with van der Waals surface area (Å²) in [7, 11) is 0. The van der Waals surface area contributed by atoms with Crippen molar-refractivity contribution < 1.29 is 13.2 Å². The number of rotatable bonds is 3. The Kier molecular flexibility index (Phi) is 6.21. The average molecular weight is 439 g/mol. The second kappa shape index (κ2) is 8.20. The number of aryl methyl sites for hydroxylation is 1. The van der Waals surface area contributed by atoms with Gasteiger partial charge in [0, 0.05) is 16.5 Å². The summed E-state index contributed by atoms with van der Waals surface area (Å²) in [6, 6.07) is 8.90. The van der Waals surface area contributed by atoms with E-state index in [4.69, 9.17) is 11.6 Å². The molecule has 0 saturated heterocycles. The van der Waals surface area contributed by atoms with Gasteiger partial charge in [-0.3, -0.25) is 0 Å². The molecular formula is C22H22ClF3N2S. The Morgan fingerprint density at radius 3 is 2.41 bits per heavy atom. The maximum absolute atomic E-state index is 14.0. The van der Waals surface area contributed by atoms with E-state index in [9.17, 15) is 18.4 Å². The van der Waals surface area contributed by atoms with Crippen LogP contribution in [0, 0.1) is 22.7 Å². The summed E-state index contributed by atoms with van der Waals surface area (Å²) >= 11 is 7.05. The number of hydrogen-bond donors (Lipinski definition) is 0. The summed E-state index contributed by atoms with van der Waals surface area (Å²) in [5.41, 5.74) is 0.341. The number of hydrogen-bond acceptors (Lipinski definition) is 3. The molecule has 1 atom stereocenters. The third-order valence-electron chi connectivity index (χ3n) is 5.44. The molecule has 0 spiro atoms. The molecule has 7 heteroatoms. The van der Waals surface area contributed by atoms with E-state index in [1.54, 1.807) is 18.2 Å². The largest absolute Gasteiger partial charge is 0.418 e. The SMILES string of the molecule is CC(C)(C)[C@H]1CCc2nc(SCc3ccc(Cl)cc3)c(C#N)c(C(F)(F)F)c2C1. The predicted octanol–water partition coefficient (Wildman–Crippen LogP) is 7.07. The Bertz CT molecular complexity index is 941. The first-order valence-corrected chi connectivity index (χ1v) is 10.8. The fourth-order valence-electron chi connectivity index (χ4n) is 3.73. The number of aromatic nitrogens is 1. The minimum atomic E-state index is -4.59. The second-order valence-electron chi connectivity index (χ2n) is 8.42. The number of benzene rings is 1. The van der Waals surface area contributed by atoms with Gasteiger partial charge in [0.1, 0.15) is 11.1 Å². The van der Waals surface area contributed by atoms with Crippen LogP contribution < -0.4 is 0 Å². The van der Waals surface area contributed by atoms with Gasteiger partial charge in [0.25, 0.3) is 0 Å². The molecule has 0 bridgehead atoms. The van der Waals surface area contributed by atoms with Crippen LogP contribution in [-0.2, 0) is 24.8 Å². The van der Waals surface area contributed by atoms with Gasteiger partial charge in [0.05, 0.1) is 11.1 Å². The van der Waals surface area contributed by atoms with Crippen LogP contribution in [0.4, 0.5) is 13.2 Å². The number of fused-ring (bicyclic) bond motifs is 1. The number of nitriles is 1. The van der Waals surface area contributed by atoms with Crippen LogP contribution in [0.3, 0.4) is 0 Å². The summed E-state index contributed by atoms with van der Waals surface area (Å²) < 4.78 is 42.1. The number of halogens is 4. The van der Waals surface area contributed by atoms with Crippen molar-refractivity contribution in [2.75, 3.05) is 0 Å². The van der Waals surface area contributed by atoms with Crippen LogP contribution in [0.2, 0.25) is 5.02 Å². The minimum absolute atomic E-state index is 0.102. The second-order valence-corrected chi connectivity index (χ2v) is 9.82. The van der Waals surface area contributed by atoms with E-state index < -0.39 is 11.7 Å². The molecule has 3 rings (SSSR count). The van der Waals surface area contributed by atoms with Gasteiger partial charge in [0.2, 0.25) is 0 Å². The van der Waals surface area contributed by atoms with Crippen molar-refractivity contribution in [3.8, 4) is 6.07 Å². The summed E-state index contributed by atoms with van der Waals surface area (Å²) in [4.78, 5) is 4.52. The van der Waals surface area contributed by atoms with Crippen molar-refractivity contribution in [1.82, 2.24) is 4.98 Å². The van der Waals surface area contributed by atoms with Gasteiger partial charge in [0.15, 0.2) is 0 Å². The van der Waals surface area contributed by atoms with Gasteiger partial charge in [-0.25, -0.2) is 4.98 Å². The standard InChI is InChI=1S/C22H22ClF3N2S/c1-21(2,3)14-6-9-18-16(10-14)19(22(24,25)26)17(11-27)20(28-18)29-12-13-4-7-15(23)8-5-13/h4-5,7-8,14H,6,9-10,12H2,1-3H3/t14-/m0/s1. The van der Waals surface area contributed by atoms with Gasteiger partial charge in [-0.1, -0.05) is 44.5 Å². The monoisotopic (exact) mass is 438 g/mol. The van der Waals surface area contributed by atoms with Crippen LogP contribution in [0.15, 0.2) is 29.3 Å². The highest BCUT2D eigenvalue weighted by Gasteiger charge is 2.42. The van der Waals surface area contributed by atoms with Crippen molar-refractivity contribution >= 4 is 23.4 Å². The normalized spacial score (nSPS) is 17.0. The average Bonchev–Trinajstić information content (AvgIpc) is 2.64. The topological polar surface area (TPSA) is 36.7 Å². The highest BCUT2D eigenvalue weighted by atomic mass is 35.5. The summed E-state index contributed by atoms with van der Waals surface area (Å²) in [6.45, 7) is 6.14. The van der Waals surface area contributed by atoms with E-state index in [-0.39, 0.29) is 27.5 Å². The van der Waals surface area contributed by atoms with Crippen LogP contribution in [-0.4, -0.2) is 4.98 Å². The van der Waals surface area contributed by atoms with E-state index in [1.165, 1.54) is 0 Å². The number of nitrogens with zero attached hydrogens (tertiary/aromatic N) is 2. The van der Waals surface area contributed by atoms with Gasteiger partial charge in [-0.15, -0.1) is 11.8 Å². The zero-order chi connectivity index (χ0) is 21.4. The third kappa shape index (κ3) is 4.90. The first-order chi connectivity index (χ1) is 13.5. The van der Waals surface area contributed by atoms with Crippen molar-refractivity contribution in [3.63, 3.8) is 0 Å². The smallest absolute Gasteiger partial charge is 0.245 e. The molecule has 0 N–H and O–H groups in total. The Labute approximate surface area is 178 Å². The van der Waals surface area contributed by atoms with Crippen molar-refractivity contribution in [2.45, 2.75) is 57.0 Å². The fourth-order valence-corrected chi connectivity index (χ4v) is 4.82. The van der Waals surface area contributed by atoms with Crippen LogP contribution in [0.1, 0.15) is 55.1 Å². The maximum Gasteiger partial charge on any atom is 0.418 e. The molecule has 1 aliphatic carbocycles. The summed E-state index contributed by atoms with van der Waals surface area (Å²) in [5, 5.41) is 10.4.